The Morgan fingerprint density at radius 1 is 1.20 bits per heavy atom. The summed E-state index contributed by atoms with van der Waals surface area (Å²) in [5, 5.41) is 11.3. The van der Waals surface area contributed by atoms with Crippen molar-refractivity contribution in [2.24, 2.45) is 5.16 Å². The lowest BCUT2D eigenvalue weighted by atomic mass is 9.91. The van der Waals surface area contributed by atoms with Crippen LogP contribution in [0, 0.1) is 0 Å². The van der Waals surface area contributed by atoms with E-state index in [1.54, 1.807) is 18.2 Å². The lowest BCUT2D eigenvalue weighted by Gasteiger charge is -2.25. The standard InChI is InChI=1S/C32H32BrCl2N5O6/c1-3-4-22(28(41)30(43)36-19-6-7-19)38-29(42)25-14-32(13-24(39-46-32)20-11-18(34)12-26(45-2)27(20)35)15-40(25)31(44)23-10-16-9-17(33)5-8-21(16)37-23/h5,8-12,19,22,25,37H,3-4,6-7,13-15H2,1-2H3,(H,36,43)(H,38,42)/t22-,25-,32?/m0/s1. The van der Waals surface area contributed by atoms with Crippen LogP contribution < -0.4 is 15.4 Å². The molecule has 14 heteroatoms. The van der Waals surface area contributed by atoms with Crippen LogP contribution in [0.3, 0.4) is 0 Å². The predicted molar refractivity (Wildman–Crippen MR) is 176 cm³/mol. The summed E-state index contributed by atoms with van der Waals surface area (Å²) in [5.41, 5.74) is 0.989. The van der Waals surface area contributed by atoms with E-state index in [-0.39, 0.29) is 37.5 Å². The first-order valence-corrected chi connectivity index (χ1v) is 16.6. The number of ether oxygens (including phenoxy) is 1. The molecule has 0 bridgehead atoms. The minimum absolute atomic E-state index is 0.00385. The monoisotopic (exact) mass is 731 g/mol. The van der Waals surface area contributed by atoms with E-state index in [2.05, 4.69) is 36.7 Å². The Morgan fingerprint density at radius 2 is 1.98 bits per heavy atom. The number of fused-ring (bicyclic) bond motifs is 1. The van der Waals surface area contributed by atoms with Gasteiger partial charge < -0.3 is 30.1 Å². The fourth-order valence-electron chi connectivity index (χ4n) is 6.02. The van der Waals surface area contributed by atoms with Crippen molar-refractivity contribution < 1.29 is 28.8 Å². The summed E-state index contributed by atoms with van der Waals surface area (Å²) in [7, 11) is 1.48. The molecule has 1 aromatic heterocycles. The van der Waals surface area contributed by atoms with Crippen LogP contribution in [-0.2, 0) is 19.2 Å². The fraction of sp³-hybridized carbons (Fsp3) is 0.406. The Morgan fingerprint density at radius 3 is 2.70 bits per heavy atom. The maximum Gasteiger partial charge on any atom is 0.289 e. The number of hydrogen-bond acceptors (Lipinski definition) is 7. The van der Waals surface area contributed by atoms with Gasteiger partial charge in [-0.3, -0.25) is 19.2 Å². The number of rotatable bonds is 10. The lowest BCUT2D eigenvalue weighted by molar-refractivity contribution is -0.140. The highest BCUT2D eigenvalue weighted by Gasteiger charge is 2.54. The van der Waals surface area contributed by atoms with Crippen molar-refractivity contribution >= 4 is 79.3 Å². The van der Waals surface area contributed by atoms with Gasteiger partial charge in [0.05, 0.1) is 30.4 Å². The number of oxime groups is 1. The second-order valence-electron chi connectivity index (χ2n) is 12.0. The second-order valence-corrected chi connectivity index (χ2v) is 13.7. The van der Waals surface area contributed by atoms with E-state index in [1.807, 2.05) is 25.1 Å². The summed E-state index contributed by atoms with van der Waals surface area (Å²) in [4.78, 5) is 64.4. The van der Waals surface area contributed by atoms with E-state index in [0.29, 0.717) is 33.5 Å². The number of halogens is 3. The highest BCUT2D eigenvalue weighted by molar-refractivity contribution is 9.10. The third-order valence-corrected chi connectivity index (χ3v) is 9.60. The van der Waals surface area contributed by atoms with Crippen LogP contribution in [0.1, 0.15) is 61.5 Å². The minimum atomic E-state index is -1.06. The molecule has 3 N–H and O–H groups in total. The van der Waals surface area contributed by atoms with Gasteiger partial charge in [-0.1, -0.05) is 57.6 Å². The SMILES string of the molecule is CCC[C@H](NC(=O)[C@@H]1CC2(CC(c3cc(Cl)cc(OC)c3Cl)=NO2)CN1C(=O)c1cc2cc(Br)ccc2[nH]1)C(=O)C(=O)NC1CC1. The molecular formula is C32H32BrCl2N5O6. The molecule has 2 aromatic carbocycles. The topological polar surface area (TPSA) is 142 Å². The smallest absolute Gasteiger partial charge is 0.289 e. The number of methoxy groups -OCH3 is 1. The Balaban J connectivity index is 1.29. The third-order valence-electron chi connectivity index (χ3n) is 8.50. The van der Waals surface area contributed by atoms with Crippen LogP contribution in [0.4, 0.5) is 0 Å². The number of nitrogens with one attached hydrogen (secondary N) is 3. The molecule has 3 amide bonds. The normalized spacial score (nSPS) is 21.2. The van der Waals surface area contributed by atoms with Gasteiger partial charge in [0.1, 0.15) is 17.5 Å². The molecule has 0 radical (unpaired) electrons. The number of aromatic nitrogens is 1. The fourth-order valence-corrected chi connectivity index (χ4v) is 6.90. The molecule has 3 aromatic rings. The zero-order valence-corrected chi connectivity index (χ0v) is 28.2. The van der Waals surface area contributed by atoms with Crippen LogP contribution in [0.15, 0.2) is 46.0 Å². The van der Waals surface area contributed by atoms with Crippen molar-refractivity contribution in [1.29, 1.82) is 0 Å². The summed E-state index contributed by atoms with van der Waals surface area (Å²) >= 11 is 16.4. The highest BCUT2D eigenvalue weighted by atomic mass is 79.9. The maximum absolute atomic E-state index is 14.1. The third kappa shape index (κ3) is 6.47. The Labute approximate surface area is 283 Å². The quantitative estimate of drug-likeness (QED) is 0.246. The molecule has 1 spiro atoms. The number of ketones is 1. The number of carbonyl (C=O) groups excluding carboxylic acids is 4. The lowest BCUT2D eigenvalue weighted by Crippen LogP contribution is -2.53. The molecule has 3 heterocycles. The van der Waals surface area contributed by atoms with Gasteiger partial charge in [0.2, 0.25) is 11.7 Å². The number of benzene rings is 2. The molecule has 1 aliphatic carbocycles. The number of likely N-dealkylation sites (tertiary alicyclic amines) is 1. The average Bonchev–Trinajstić information content (AvgIpc) is 3.43. The summed E-state index contributed by atoms with van der Waals surface area (Å²) in [6.07, 6.45) is 2.79. The van der Waals surface area contributed by atoms with Gasteiger partial charge in [0, 0.05) is 50.9 Å². The Bertz CT molecular complexity index is 1770. The van der Waals surface area contributed by atoms with Crippen molar-refractivity contribution in [3.8, 4) is 5.75 Å². The van der Waals surface area contributed by atoms with Crippen molar-refractivity contribution in [3.05, 3.63) is 62.2 Å². The average molecular weight is 733 g/mol. The minimum Gasteiger partial charge on any atom is -0.495 e. The molecule has 2 aliphatic heterocycles. The van der Waals surface area contributed by atoms with Gasteiger partial charge in [-0.25, -0.2) is 0 Å². The van der Waals surface area contributed by atoms with Crippen molar-refractivity contribution in [2.75, 3.05) is 13.7 Å². The molecule has 2 fully saturated rings. The van der Waals surface area contributed by atoms with Crippen molar-refractivity contribution in [1.82, 2.24) is 20.5 Å². The molecule has 1 saturated carbocycles. The summed E-state index contributed by atoms with van der Waals surface area (Å²) < 4.78 is 6.21. The zero-order chi connectivity index (χ0) is 32.7. The number of nitrogens with zero attached hydrogens (tertiary/aromatic N) is 2. The second kappa shape index (κ2) is 12.9. The summed E-state index contributed by atoms with van der Waals surface area (Å²) in [6, 6.07) is 8.50. The first-order valence-electron chi connectivity index (χ1n) is 15.0. The van der Waals surface area contributed by atoms with Crippen molar-refractivity contribution in [3.63, 3.8) is 0 Å². The van der Waals surface area contributed by atoms with Crippen LogP contribution in [-0.4, -0.2) is 76.5 Å². The summed E-state index contributed by atoms with van der Waals surface area (Å²) in [5.74, 6) is -2.03. The number of H-pyrrole nitrogens is 1. The van der Waals surface area contributed by atoms with Gasteiger partial charge >= 0.3 is 0 Å². The predicted octanol–water partition coefficient (Wildman–Crippen LogP) is 5.16. The van der Waals surface area contributed by atoms with Gasteiger partial charge in [-0.15, -0.1) is 0 Å². The Hall–Kier alpha value is -3.61. The Kier molecular flexibility index (Phi) is 9.06. The first-order chi connectivity index (χ1) is 22.0. The van der Waals surface area contributed by atoms with Gasteiger partial charge in [0.25, 0.3) is 11.8 Å². The van der Waals surface area contributed by atoms with Crippen LogP contribution in [0.25, 0.3) is 10.9 Å². The van der Waals surface area contributed by atoms with Gasteiger partial charge in [-0.2, -0.15) is 0 Å². The summed E-state index contributed by atoms with van der Waals surface area (Å²) in [6.45, 7) is 1.89. The van der Waals surface area contributed by atoms with E-state index in [9.17, 15) is 19.2 Å². The van der Waals surface area contributed by atoms with Crippen LogP contribution in [0.2, 0.25) is 10.0 Å². The van der Waals surface area contributed by atoms with Crippen LogP contribution in [0.5, 0.6) is 5.75 Å². The molecule has 3 atom stereocenters. The van der Waals surface area contributed by atoms with E-state index < -0.39 is 41.2 Å². The molecule has 46 heavy (non-hydrogen) atoms. The molecule has 6 rings (SSSR count). The first kappa shape index (κ1) is 32.3. The largest absolute Gasteiger partial charge is 0.495 e. The molecule has 242 valence electrons. The van der Waals surface area contributed by atoms with E-state index in [4.69, 9.17) is 32.8 Å². The number of Topliss-reactive ketones (excluding diaryl/α,β-unsaturated/α-hetero) is 1. The highest BCUT2D eigenvalue weighted by Crippen LogP contribution is 2.42. The zero-order valence-electron chi connectivity index (χ0n) is 25.1. The molecule has 1 saturated heterocycles. The van der Waals surface area contributed by atoms with E-state index in [0.717, 1.165) is 28.2 Å². The van der Waals surface area contributed by atoms with E-state index >= 15 is 0 Å². The number of carbonyl (C=O) groups is 4. The van der Waals surface area contributed by atoms with Gasteiger partial charge in [0.15, 0.2) is 5.60 Å². The van der Waals surface area contributed by atoms with Gasteiger partial charge in [-0.05, 0) is 49.6 Å². The van der Waals surface area contributed by atoms with Crippen LogP contribution >= 0.6 is 39.1 Å². The van der Waals surface area contributed by atoms with E-state index in [1.165, 1.54) is 12.0 Å². The number of hydrogen-bond donors (Lipinski definition) is 3. The molecule has 3 aliphatic rings. The molecule has 11 nitrogen and oxygen atoms in total. The molecule has 1 unspecified atom stereocenters. The number of aromatic amines is 1. The van der Waals surface area contributed by atoms with Crippen molar-refractivity contribution in [2.45, 2.75) is 69.2 Å². The molecular weight excluding hydrogens is 701 g/mol. The maximum atomic E-state index is 14.1. The number of amides is 3.